The van der Waals surface area contributed by atoms with E-state index >= 15 is 0 Å². The molecule has 0 saturated carbocycles. The van der Waals surface area contributed by atoms with Crippen LogP contribution in [0.2, 0.25) is 0 Å². The Hall–Kier alpha value is -0.820. The third-order valence-corrected chi connectivity index (χ3v) is 4.75. The molecule has 7 heteroatoms. The molecule has 0 unspecified atom stereocenters. The van der Waals surface area contributed by atoms with Crippen LogP contribution in [0.25, 0.3) is 0 Å². The molecule has 1 aliphatic rings. The summed E-state index contributed by atoms with van der Waals surface area (Å²) in [5.41, 5.74) is 0. The summed E-state index contributed by atoms with van der Waals surface area (Å²) in [4.78, 5) is 11.5. The Bertz CT molecular complexity index is 411. The monoisotopic (exact) mass is 287 g/mol. The molecular weight excluding hydrogens is 270 g/mol. The predicted molar refractivity (Wildman–Crippen MR) is 73.1 cm³/mol. The number of nitrogens with zero attached hydrogens (tertiary/aromatic N) is 2. The lowest BCUT2D eigenvalue weighted by molar-refractivity contribution is -0.140. The highest BCUT2D eigenvalue weighted by Gasteiger charge is 2.33. The number of thioether (sulfide) groups is 1. The van der Waals surface area contributed by atoms with Gasteiger partial charge >= 0.3 is 5.97 Å². The number of anilines is 1. The zero-order valence-electron chi connectivity index (χ0n) is 10.5. The lowest BCUT2D eigenvalue weighted by atomic mass is 10.3. The van der Waals surface area contributed by atoms with E-state index in [1.807, 2.05) is 6.92 Å². The summed E-state index contributed by atoms with van der Waals surface area (Å²) >= 11 is 2.95. The fourth-order valence-electron chi connectivity index (χ4n) is 1.64. The summed E-state index contributed by atoms with van der Waals surface area (Å²) in [6.07, 6.45) is 3.04. The van der Waals surface area contributed by atoms with Gasteiger partial charge < -0.3 is 10.1 Å². The normalized spacial score (nSPS) is 23.1. The molecule has 0 aromatic carbocycles. The summed E-state index contributed by atoms with van der Waals surface area (Å²) in [7, 11) is 0. The zero-order valence-corrected chi connectivity index (χ0v) is 12.1. The number of hydrogen-bond donors (Lipinski definition) is 1. The van der Waals surface area contributed by atoms with E-state index in [4.69, 9.17) is 4.74 Å². The average Bonchev–Trinajstić information content (AvgIpc) is 2.88. The molecule has 2 rings (SSSR count). The largest absolute Gasteiger partial charge is 0.462 e. The Morgan fingerprint density at radius 2 is 2.39 bits per heavy atom. The maximum absolute atomic E-state index is 11.5. The SMILES string of the molecule is CCCCNc1nnc(S[C@H]2C[C@@H](C)OC2=O)s1. The number of nitrogens with one attached hydrogen (secondary N) is 1. The van der Waals surface area contributed by atoms with Crippen molar-refractivity contribution in [2.75, 3.05) is 11.9 Å². The Balaban J connectivity index is 1.84. The number of carbonyl (C=O) groups excluding carboxylic acids is 1. The summed E-state index contributed by atoms with van der Waals surface area (Å²) in [6, 6.07) is 0. The first kappa shape index (κ1) is 13.6. The molecule has 2 atom stereocenters. The molecule has 1 aromatic heterocycles. The van der Waals surface area contributed by atoms with Crippen molar-refractivity contribution in [3.8, 4) is 0 Å². The van der Waals surface area contributed by atoms with Gasteiger partial charge in [0.2, 0.25) is 5.13 Å². The molecular formula is C11H17N3O2S2. The zero-order chi connectivity index (χ0) is 13.0. The van der Waals surface area contributed by atoms with Gasteiger partial charge in [0.1, 0.15) is 11.4 Å². The van der Waals surface area contributed by atoms with Crippen LogP contribution in [0, 0.1) is 0 Å². The van der Waals surface area contributed by atoms with Gasteiger partial charge in [-0.2, -0.15) is 0 Å². The number of unbranched alkanes of at least 4 members (excludes halogenated alkanes) is 1. The van der Waals surface area contributed by atoms with Crippen molar-refractivity contribution in [1.29, 1.82) is 0 Å². The van der Waals surface area contributed by atoms with Crippen molar-refractivity contribution >= 4 is 34.2 Å². The van der Waals surface area contributed by atoms with Crippen LogP contribution in [0.5, 0.6) is 0 Å². The van der Waals surface area contributed by atoms with Gasteiger partial charge in [-0.3, -0.25) is 4.79 Å². The van der Waals surface area contributed by atoms with E-state index in [2.05, 4.69) is 22.4 Å². The Labute approximate surface area is 115 Å². The van der Waals surface area contributed by atoms with E-state index in [9.17, 15) is 4.79 Å². The van der Waals surface area contributed by atoms with E-state index in [0.29, 0.717) is 0 Å². The number of rotatable bonds is 6. The van der Waals surface area contributed by atoms with Gasteiger partial charge in [0, 0.05) is 13.0 Å². The molecule has 0 amide bonds. The molecule has 1 saturated heterocycles. The van der Waals surface area contributed by atoms with Crippen LogP contribution in [0.4, 0.5) is 5.13 Å². The summed E-state index contributed by atoms with van der Waals surface area (Å²) in [5.74, 6) is -0.136. The Morgan fingerprint density at radius 1 is 1.56 bits per heavy atom. The van der Waals surface area contributed by atoms with Gasteiger partial charge in [0.25, 0.3) is 0 Å². The first-order valence-electron chi connectivity index (χ1n) is 6.13. The highest BCUT2D eigenvalue weighted by atomic mass is 32.2. The van der Waals surface area contributed by atoms with Crippen LogP contribution in [0.3, 0.4) is 0 Å². The van der Waals surface area contributed by atoms with Gasteiger partial charge in [-0.25, -0.2) is 0 Å². The highest BCUT2D eigenvalue weighted by molar-refractivity contribution is 8.02. The molecule has 0 aliphatic carbocycles. The number of esters is 1. The minimum Gasteiger partial charge on any atom is -0.462 e. The van der Waals surface area contributed by atoms with Crippen molar-refractivity contribution < 1.29 is 9.53 Å². The number of carbonyl (C=O) groups is 1. The summed E-state index contributed by atoms with van der Waals surface area (Å²) in [6.45, 7) is 4.98. The van der Waals surface area contributed by atoms with Crippen LogP contribution in [-0.2, 0) is 9.53 Å². The van der Waals surface area contributed by atoms with Crippen molar-refractivity contribution in [3.05, 3.63) is 0 Å². The van der Waals surface area contributed by atoms with Crippen molar-refractivity contribution in [3.63, 3.8) is 0 Å². The first-order valence-corrected chi connectivity index (χ1v) is 7.83. The van der Waals surface area contributed by atoms with E-state index < -0.39 is 0 Å². The van der Waals surface area contributed by atoms with Crippen LogP contribution >= 0.6 is 23.1 Å². The second kappa shape index (κ2) is 6.38. The van der Waals surface area contributed by atoms with Crippen molar-refractivity contribution in [2.45, 2.75) is 48.8 Å². The van der Waals surface area contributed by atoms with Crippen LogP contribution in [0.15, 0.2) is 4.34 Å². The second-order valence-electron chi connectivity index (χ2n) is 4.24. The van der Waals surface area contributed by atoms with E-state index in [1.165, 1.54) is 23.1 Å². The van der Waals surface area contributed by atoms with Crippen LogP contribution in [-0.4, -0.2) is 34.1 Å². The fraction of sp³-hybridized carbons (Fsp3) is 0.727. The molecule has 5 nitrogen and oxygen atoms in total. The van der Waals surface area contributed by atoms with Crippen LogP contribution < -0.4 is 5.32 Å². The fourth-order valence-corrected chi connectivity index (χ4v) is 3.77. The van der Waals surface area contributed by atoms with Gasteiger partial charge in [0.15, 0.2) is 4.34 Å². The Morgan fingerprint density at radius 3 is 3.06 bits per heavy atom. The lowest BCUT2D eigenvalue weighted by Gasteiger charge is -2.00. The molecule has 1 N–H and O–H groups in total. The number of cyclic esters (lactones) is 1. The minimum atomic E-state index is -0.136. The molecule has 1 aliphatic heterocycles. The van der Waals surface area contributed by atoms with Gasteiger partial charge in [-0.1, -0.05) is 36.4 Å². The molecule has 0 spiro atoms. The summed E-state index contributed by atoms with van der Waals surface area (Å²) < 4.78 is 5.94. The number of ether oxygens (including phenoxy) is 1. The molecule has 2 heterocycles. The average molecular weight is 287 g/mol. The molecule has 18 heavy (non-hydrogen) atoms. The van der Waals surface area contributed by atoms with Crippen LogP contribution in [0.1, 0.15) is 33.1 Å². The minimum absolute atomic E-state index is 0.0186. The molecule has 0 bridgehead atoms. The number of hydrogen-bond acceptors (Lipinski definition) is 7. The smallest absolute Gasteiger partial charge is 0.319 e. The quantitative estimate of drug-likeness (QED) is 0.641. The van der Waals surface area contributed by atoms with Gasteiger partial charge in [-0.05, 0) is 13.3 Å². The Kier molecular flexibility index (Phi) is 4.82. The molecule has 1 aromatic rings. The molecule has 0 radical (unpaired) electrons. The molecule has 100 valence electrons. The predicted octanol–water partition coefficient (Wildman–Crippen LogP) is 2.55. The van der Waals surface area contributed by atoms with Crippen molar-refractivity contribution in [1.82, 2.24) is 10.2 Å². The number of aromatic nitrogens is 2. The third kappa shape index (κ3) is 3.58. The maximum atomic E-state index is 11.5. The van der Waals surface area contributed by atoms with E-state index in [-0.39, 0.29) is 17.3 Å². The third-order valence-electron chi connectivity index (χ3n) is 2.58. The lowest BCUT2D eigenvalue weighted by Crippen LogP contribution is -2.08. The van der Waals surface area contributed by atoms with Gasteiger partial charge in [-0.15, -0.1) is 10.2 Å². The standard InChI is InChI=1S/C11H17N3O2S2/c1-3-4-5-12-10-13-14-11(18-10)17-8-6-7(2)16-9(8)15/h7-8H,3-6H2,1-2H3,(H,12,13)/t7-,8+/m1/s1. The second-order valence-corrected chi connectivity index (χ2v) is 6.67. The molecule has 1 fully saturated rings. The van der Waals surface area contributed by atoms with E-state index in [1.54, 1.807) is 0 Å². The topological polar surface area (TPSA) is 64.1 Å². The van der Waals surface area contributed by atoms with Crippen molar-refractivity contribution in [2.24, 2.45) is 0 Å². The van der Waals surface area contributed by atoms with Gasteiger partial charge in [0.05, 0.1) is 0 Å². The maximum Gasteiger partial charge on any atom is 0.319 e. The highest BCUT2D eigenvalue weighted by Crippen LogP contribution is 2.34. The van der Waals surface area contributed by atoms with E-state index in [0.717, 1.165) is 35.3 Å². The first-order chi connectivity index (χ1) is 8.69. The summed E-state index contributed by atoms with van der Waals surface area (Å²) in [5, 5.41) is 12.1.